The molecule has 0 aliphatic rings. The smallest absolute Gasteiger partial charge is 0.822 e. The largest absolute Gasteiger partial charge is 2.00 e. The summed E-state index contributed by atoms with van der Waals surface area (Å²) in [6.45, 7) is 4.60. The molecule has 0 atom stereocenters. The first-order chi connectivity index (χ1) is 12.1. The van der Waals surface area contributed by atoms with E-state index in [9.17, 15) is 8.42 Å². The van der Waals surface area contributed by atoms with Crippen molar-refractivity contribution in [2.45, 2.75) is 65.2 Å². The average Bonchev–Trinajstić information content (AvgIpc) is 2.43. The molecule has 0 aliphatic heterocycles. The monoisotopic (exact) mass is 648 g/mol. The molecule has 12 nitrogen and oxygen atoms in total. The van der Waals surface area contributed by atoms with Crippen LogP contribution in [0.3, 0.4) is 0 Å². The number of hydrogen-bond acceptors (Lipinski definition) is 12. The van der Waals surface area contributed by atoms with Crippen molar-refractivity contribution >= 4 is 26.0 Å². The molecule has 0 radical (unpaired) electrons. The van der Waals surface area contributed by atoms with Gasteiger partial charge in [0.05, 0.1) is 13.2 Å². The molecule has 0 saturated carbocycles. The van der Waals surface area contributed by atoms with Crippen LogP contribution in [0.25, 0.3) is 0 Å². The summed E-state index contributed by atoms with van der Waals surface area (Å²) in [5.74, 6) is 0. The molecule has 0 amide bonds. The van der Waals surface area contributed by atoms with Crippen LogP contribution in [0.5, 0.6) is 0 Å². The van der Waals surface area contributed by atoms with Crippen LogP contribution in [0.4, 0.5) is 0 Å². The minimum absolute atomic E-state index is 0. The zero-order chi connectivity index (χ0) is 22.0. The van der Waals surface area contributed by atoms with E-state index in [-0.39, 0.29) is 71.6 Å². The first kappa shape index (κ1) is 45.5. The van der Waals surface area contributed by atoms with E-state index < -0.39 is 26.0 Å². The summed E-state index contributed by atoms with van der Waals surface area (Å²) in [6.07, 6.45) is 8.27. The van der Waals surface area contributed by atoms with Crippen molar-refractivity contribution in [1.29, 1.82) is 0 Å². The molecule has 168 valence electrons. The predicted molar refractivity (Wildman–Crippen MR) is 84.3 cm³/mol. The van der Waals surface area contributed by atoms with Crippen molar-refractivity contribution in [3.63, 3.8) is 0 Å². The van der Waals surface area contributed by atoms with E-state index in [0.717, 1.165) is 32.1 Å². The van der Waals surface area contributed by atoms with E-state index in [2.05, 4.69) is 11.1 Å². The molecule has 0 spiro atoms. The normalized spacial score (nSPS) is 10.7. The second kappa shape index (κ2) is 27.2. The molecular weight excluding hydrogens is 626 g/mol. The minimum atomic E-state index is -5.39. The number of rotatable bonds is 12. The van der Waals surface area contributed by atoms with E-state index >= 15 is 0 Å². The molecule has 0 N–H and O–H groups in total. The van der Waals surface area contributed by atoms with E-state index in [1.54, 1.807) is 0 Å². The Kier molecular flexibility index (Phi) is 41.2. The topological polar surface area (TPSA) is 225 Å². The fourth-order valence-corrected chi connectivity index (χ4v) is 2.09. The second-order valence-electron chi connectivity index (χ2n) is 5.07. The van der Waals surface area contributed by atoms with Gasteiger partial charge < -0.3 is 38.5 Å². The van der Waals surface area contributed by atoms with Crippen LogP contribution in [0, 0.1) is 0 Å². The molecule has 0 aromatic rings. The number of phosphoric acid groups is 2. The standard InChI is InChI=1S/C12H26O4S.2H3O4P.3Zn/c1-3-5-7-8-9-10-12-16-17(13,14)15-11-6-4-2;2*1-5(2,3)4;;;/h3-12H2,1-2H3;2*(H3,1,2,3,4);;;/q;;;3*+2/p-6. The van der Waals surface area contributed by atoms with Gasteiger partial charge in [0.1, 0.15) is 0 Å². The summed E-state index contributed by atoms with van der Waals surface area (Å²) in [6, 6.07) is 0. The maximum atomic E-state index is 11.2. The van der Waals surface area contributed by atoms with Crippen molar-refractivity contribution < 1.29 is 114 Å². The van der Waals surface area contributed by atoms with Crippen molar-refractivity contribution in [3.05, 3.63) is 0 Å². The van der Waals surface area contributed by atoms with Crippen LogP contribution in [0.15, 0.2) is 0 Å². The summed E-state index contributed by atoms with van der Waals surface area (Å²) < 4.78 is 48.9. The van der Waals surface area contributed by atoms with Crippen LogP contribution in [0.1, 0.15) is 65.2 Å². The van der Waals surface area contributed by atoms with Gasteiger partial charge in [0.2, 0.25) is 0 Å². The Bertz CT molecular complexity index is 490. The van der Waals surface area contributed by atoms with Crippen LogP contribution in [-0.4, -0.2) is 21.6 Å². The Hall–Kier alpha value is 1.96. The van der Waals surface area contributed by atoms with Gasteiger partial charge in [0.15, 0.2) is 0 Å². The van der Waals surface area contributed by atoms with Gasteiger partial charge in [-0.25, -0.2) is 8.37 Å². The van der Waals surface area contributed by atoms with Gasteiger partial charge >= 0.3 is 68.8 Å². The van der Waals surface area contributed by atoms with Gasteiger partial charge in [-0.15, -0.1) is 0 Å². The van der Waals surface area contributed by atoms with Crippen molar-refractivity contribution in [1.82, 2.24) is 0 Å². The third-order valence-electron chi connectivity index (χ3n) is 2.45. The Labute approximate surface area is 217 Å². The summed E-state index contributed by atoms with van der Waals surface area (Å²) in [5.41, 5.74) is 0. The first-order valence-electron chi connectivity index (χ1n) is 8.12. The fourth-order valence-electron chi connectivity index (χ4n) is 1.38. The van der Waals surface area contributed by atoms with Gasteiger partial charge in [-0.3, -0.25) is 0 Å². The third-order valence-corrected chi connectivity index (χ3v) is 3.36. The first-order valence-corrected chi connectivity index (χ1v) is 12.4. The van der Waals surface area contributed by atoms with E-state index in [0.29, 0.717) is 0 Å². The summed E-state index contributed by atoms with van der Waals surface area (Å²) in [7, 11) is -14.5. The Morgan fingerprint density at radius 3 is 1.20 bits per heavy atom. The zero-order valence-corrected chi connectivity index (χ0v) is 28.9. The molecule has 0 aliphatic carbocycles. The Morgan fingerprint density at radius 2 is 0.867 bits per heavy atom. The summed E-state index contributed by atoms with van der Waals surface area (Å²) in [5, 5.41) is 0. The molecule has 0 aromatic carbocycles. The molecule has 30 heavy (non-hydrogen) atoms. The molecule has 0 aromatic heterocycles. The predicted octanol–water partition coefficient (Wildman–Crippen LogP) is -2.23. The molecule has 0 fully saturated rings. The van der Waals surface area contributed by atoms with Crippen molar-refractivity contribution in [3.8, 4) is 0 Å². The Balaban J connectivity index is -0.0000000930. The molecule has 0 heterocycles. The van der Waals surface area contributed by atoms with E-state index in [4.69, 9.17) is 42.7 Å². The van der Waals surface area contributed by atoms with Gasteiger partial charge in [0, 0.05) is 0 Å². The number of hydrogen-bond donors (Lipinski definition) is 0. The maximum Gasteiger partial charge on any atom is 2.00 e. The van der Waals surface area contributed by atoms with E-state index in [1.807, 2.05) is 6.92 Å². The molecule has 0 bridgehead atoms. The maximum absolute atomic E-state index is 11.2. The third kappa shape index (κ3) is 77.9. The van der Waals surface area contributed by atoms with Gasteiger partial charge in [-0.05, 0) is 12.8 Å². The molecule has 18 heteroatoms. The van der Waals surface area contributed by atoms with E-state index in [1.165, 1.54) is 19.3 Å². The molecule has 0 unspecified atom stereocenters. The zero-order valence-electron chi connectivity index (χ0n) is 17.4. The molecule has 0 saturated heterocycles. The second-order valence-corrected chi connectivity index (χ2v) is 8.14. The fraction of sp³-hybridized carbons (Fsp3) is 1.00. The van der Waals surface area contributed by atoms with Crippen molar-refractivity contribution in [2.24, 2.45) is 0 Å². The summed E-state index contributed by atoms with van der Waals surface area (Å²) in [4.78, 5) is 51.3. The van der Waals surface area contributed by atoms with Gasteiger partial charge in [0.25, 0.3) is 0 Å². The van der Waals surface area contributed by atoms with Crippen LogP contribution < -0.4 is 29.4 Å². The average molecular weight is 653 g/mol. The molecule has 0 rings (SSSR count). The SMILES string of the molecule is CCCCCCCCOS(=O)(=O)OCCCC.O=P([O-])([O-])[O-].O=P([O-])([O-])[O-].[Zn+2].[Zn+2].[Zn+2]. The number of unbranched alkanes of at least 4 members (excludes halogenated alkanes) is 6. The van der Waals surface area contributed by atoms with Gasteiger partial charge in [-0.2, -0.15) is 24.1 Å². The quantitative estimate of drug-likeness (QED) is 0.124. The van der Waals surface area contributed by atoms with Crippen LogP contribution in [-0.2, 0) is 86.3 Å². The molecular formula is C12H26O12P2SZn3. The van der Waals surface area contributed by atoms with Crippen molar-refractivity contribution in [2.75, 3.05) is 13.2 Å². The Morgan fingerprint density at radius 1 is 0.600 bits per heavy atom. The summed E-state index contributed by atoms with van der Waals surface area (Å²) >= 11 is 0. The van der Waals surface area contributed by atoms with Gasteiger partial charge in [-0.1, -0.05) is 52.4 Å². The van der Waals surface area contributed by atoms with Crippen LogP contribution >= 0.6 is 15.6 Å². The minimum Gasteiger partial charge on any atom is -0.822 e. The van der Waals surface area contributed by atoms with Crippen LogP contribution in [0.2, 0.25) is 0 Å².